The summed E-state index contributed by atoms with van der Waals surface area (Å²) in [6.07, 6.45) is 3.75. The molecule has 3 aromatic carbocycles. The Balaban J connectivity index is 1.35. The van der Waals surface area contributed by atoms with Crippen LogP contribution in [0, 0.1) is 0 Å². The number of halogens is 1. The van der Waals surface area contributed by atoms with Crippen LogP contribution in [0.25, 0.3) is 39.4 Å². The molecule has 0 bridgehead atoms. The van der Waals surface area contributed by atoms with Crippen molar-refractivity contribution in [2.24, 2.45) is 0 Å². The van der Waals surface area contributed by atoms with E-state index in [-0.39, 0.29) is 5.56 Å². The van der Waals surface area contributed by atoms with Crippen molar-refractivity contribution in [1.82, 2.24) is 24.4 Å². The van der Waals surface area contributed by atoms with Crippen LogP contribution in [0.2, 0.25) is 5.02 Å². The summed E-state index contributed by atoms with van der Waals surface area (Å²) < 4.78 is 15.1. The van der Waals surface area contributed by atoms with Crippen molar-refractivity contribution >= 4 is 34.0 Å². The number of aromatic nitrogens is 5. The van der Waals surface area contributed by atoms with E-state index in [9.17, 15) is 4.79 Å². The monoisotopic (exact) mass is 539 g/mol. The van der Waals surface area contributed by atoms with Gasteiger partial charge in [0.2, 0.25) is 4.96 Å². The SMILES string of the molecule is O=c1c(=Cc2cn(-c3ccccc3)nc2-c2ccc3c(c2)OCCO3)sc2nc(-c3ccc(Cl)cc3)nn12. The summed E-state index contributed by atoms with van der Waals surface area (Å²) in [5.41, 5.74) is 3.81. The Bertz CT molecular complexity index is 1910. The smallest absolute Gasteiger partial charge is 0.291 e. The zero-order valence-electron chi connectivity index (χ0n) is 19.7. The molecule has 1 aliphatic heterocycles. The first-order valence-electron chi connectivity index (χ1n) is 11.8. The van der Waals surface area contributed by atoms with Gasteiger partial charge in [0.05, 0.1) is 10.2 Å². The summed E-state index contributed by atoms with van der Waals surface area (Å²) >= 11 is 7.28. The minimum atomic E-state index is -0.238. The van der Waals surface area contributed by atoms with Gasteiger partial charge >= 0.3 is 0 Å². The second-order valence-corrected chi connectivity index (χ2v) is 10.1. The van der Waals surface area contributed by atoms with E-state index >= 15 is 0 Å². The van der Waals surface area contributed by atoms with E-state index < -0.39 is 0 Å². The van der Waals surface area contributed by atoms with Crippen LogP contribution in [0.1, 0.15) is 5.56 Å². The maximum atomic E-state index is 13.3. The first-order chi connectivity index (χ1) is 18.6. The molecule has 0 amide bonds. The van der Waals surface area contributed by atoms with Crippen LogP contribution in [-0.2, 0) is 0 Å². The number of para-hydroxylation sites is 1. The number of hydrogen-bond acceptors (Lipinski definition) is 7. The third-order valence-electron chi connectivity index (χ3n) is 6.15. The molecular formula is C28H18ClN5O3S. The molecule has 1 aliphatic rings. The van der Waals surface area contributed by atoms with Gasteiger partial charge in [-0.15, -0.1) is 5.10 Å². The predicted octanol–water partition coefficient (Wildman–Crippen LogP) is 4.64. The van der Waals surface area contributed by atoms with Crippen LogP contribution in [-0.4, -0.2) is 37.6 Å². The van der Waals surface area contributed by atoms with Crippen LogP contribution < -0.4 is 19.6 Å². The Labute approximate surface area is 225 Å². The zero-order valence-corrected chi connectivity index (χ0v) is 21.3. The average Bonchev–Trinajstić information content (AvgIpc) is 3.64. The molecule has 6 aromatic rings. The highest BCUT2D eigenvalue weighted by Crippen LogP contribution is 2.35. The molecule has 3 aromatic heterocycles. The number of benzene rings is 3. The van der Waals surface area contributed by atoms with E-state index in [2.05, 4.69) is 10.1 Å². The highest BCUT2D eigenvalue weighted by atomic mass is 35.5. The molecule has 0 saturated carbocycles. The van der Waals surface area contributed by atoms with E-state index in [0.717, 1.165) is 22.4 Å². The fraction of sp³-hybridized carbons (Fsp3) is 0.0714. The Kier molecular flexibility index (Phi) is 5.45. The number of hydrogen-bond donors (Lipinski definition) is 0. The molecule has 0 fully saturated rings. The molecule has 7 rings (SSSR count). The molecule has 0 unspecified atom stereocenters. The number of nitrogens with zero attached hydrogens (tertiary/aromatic N) is 5. The Morgan fingerprint density at radius 2 is 1.66 bits per heavy atom. The van der Waals surface area contributed by atoms with Gasteiger partial charge < -0.3 is 9.47 Å². The fourth-order valence-corrected chi connectivity index (χ4v) is 5.34. The van der Waals surface area contributed by atoms with Crippen LogP contribution in [0.5, 0.6) is 11.5 Å². The van der Waals surface area contributed by atoms with Crippen LogP contribution in [0.15, 0.2) is 83.8 Å². The van der Waals surface area contributed by atoms with Gasteiger partial charge in [-0.2, -0.15) is 14.6 Å². The van der Waals surface area contributed by atoms with Crippen LogP contribution in [0.3, 0.4) is 0 Å². The van der Waals surface area contributed by atoms with Crippen LogP contribution >= 0.6 is 22.9 Å². The largest absolute Gasteiger partial charge is 0.486 e. The topological polar surface area (TPSA) is 83.5 Å². The molecule has 38 heavy (non-hydrogen) atoms. The molecule has 0 saturated heterocycles. The summed E-state index contributed by atoms with van der Waals surface area (Å²) in [6, 6.07) is 22.8. The fourth-order valence-electron chi connectivity index (χ4n) is 4.32. The van der Waals surface area contributed by atoms with Gasteiger partial charge in [0.25, 0.3) is 5.56 Å². The molecule has 0 atom stereocenters. The van der Waals surface area contributed by atoms with E-state index in [1.54, 1.807) is 16.8 Å². The highest BCUT2D eigenvalue weighted by Gasteiger charge is 2.18. The van der Waals surface area contributed by atoms with Crippen molar-refractivity contribution < 1.29 is 9.47 Å². The molecule has 10 heteroatoms. The molecule has 8 nitrogen and oxygen atoms in total. The summed E-state index contributed by atoms with van der Waals surface area (Å²) in [5, 5.41) is 9.94. The molecule has 0 spiro atoms. The van der Waals surface area contributed by atoms with E-state index in [1.165, 1.54) is 15.9 Å². The minimum Gasteiger partial charge on any atom is -0.486 e. The van der Waals surface area contributed by atoms with Crippen molar-refractivity contribution in [1.29, 1.82) is 0 Å². The lowest BCUT2D eigenvalue weighted by atomic mass is 10.1. The third kappa shape index (κ3) is 4.02. The maximum absolute atomic E-state index is 13.3. The van der Waals surface area contributed by atoms with Crippen molar-refractivity contribution in [3.8, 4) is 39.8 Å². The maximum Gasteiger partial charge on any atom is 0.291 e. The Morgan fingerprint density at radius 3 is 2.45 bits per heavy atom. The van der Waals surface area contributed by atoms with Crippen molar-refractivity contribution in [2.75, 3.05) is 13.2 Å². The standard InChI is InChI=1S/C28H18ClN5O3S/c29-20-9-6-17(7-10-20)26-30-28-34(32-26)27(35)24(38-28)15-19-16-33(21-4-2-1-3-5-21)31-25(19)18-8-11-22-23(14-18)37-13-12-36-22/h1-11,14-16H,12-13H2. The number of thiazole rings is 1. The minimum absolute atomic E-state index is 0.238. The molecule has 0 radical (unpaired) electrons. The summed E-state index contributed by atoms with van der Waals surface area (Å²) in [6.45, 7) is 1.02. The summed E-state index contributed by atoms with van der Waals surface area (Å²) in [7, 11) is 0. The summed E-state index contributed by atoms with van der Waals surface area (Å²) in [5.74, 6) is 1.86. The van der Waals surface area contributed by atoms with Gasteiger partial charge in [-0.1, -0.05) is 41.1 Å². The van der Waals surface area contributed by atoms with Gasteiger partial charge in [0.1, 0.15) is 18.9 Å². The number of ether oxygens (including phenoxy) is 2. The predicted molar refractivity (Wildman–Crippen MR) is 146 cm³/mol. The first kappa shape index (κ1) is 22.7. The van der Waals surface area contributed by atoms with Crippen molar-refractivity contribution in [2.45, 2.75) is 0 Å². The lowest BCUT2D eigenvalue weighted by Gasteiger charge is -2.18. The van der Waals surface area contributed by atoms with Gasteiger partial charge in [-0.05, 0) is 60.7 Å². The quantitative estimate of drug-likeness (QED) is 0.324. The van der Waals surface area contributed by atoms with Gasteiger partial charge in [0, 0.05) is 27.9 Å². The van der Waals surface area contributed by atoms with Gasteiger partial charge in [-0.25, -0.2) is 4.68 Å². The molecule has 4 heterocycles. The van der Waals surface area contributed by atoms with Crippen molar-refractivity contribution in [3.63, 3.8) is 0 Å². The molecule has 186 valence electrons. The van der Waals surface area contributed by atoms with E-state index in [1.807, 2.05) is 72.9 Å². The normalized spacial score (nSPS) is 13.3. The van der Waals surface area contributed by atoms with E-state index in [4.69, 9.17) is 26.2 Å². The van der Waals surface area contributed by atoms with Gasteiger partial charge in [0.15, 0.2) is 17.3 Å². The van der Waals surface area contributed by atoms with Gasteiger partial charge in [-0.3, -0.25) is 4.79 Å². The number of rotatable bonds is 4. The van der Waals surface area contributed by atoms with Crippen molar-refractivity contribution in [3.05, 3.63) is 104 Å². The molecule has 0 aliphatic carbocycles. The van der Waals surface area contributed by atoms with Crippen LogP contribution in [0.4, 0.5) is 0 Å². The highest BCUT2D eigenvalue weighted by molar-refractivity contribution is 7.15. The Hall–Kier alpha value is -4.47. The summed E-state index contributed by atoms with van der Waals surface area (Å²) in [4.78, 5) is 18.4. The average molecular weight is 540 g/mol. The molecular weight excluding hydrogens is 522 g/mol. The van der Waals surface area contributed by atoms with E-state index in [0.29, 0.717) is 50.7 Å². The lowest BCUT2D eigenvalue weighted by Crippen LogP contribution is -2.23. The lowest BCUT2D eigenvalue weighted by molar-refractivity contribution is 0.171. The third-order valence-corrected chi connectivity index (χ3v) is 7.36. The second kappa shape index (κ2) is 9.13. The number of fused-ring (bicyclic) bond motifs is 2. The second-order valence-electron chi connectivity index (χ2n) is 8.62. The zero-order chi connectivity index (χ0) is 25.6. The first-order valence-corrected chi connectivity index (χ1v) is 13.0. The molecule has 0 N–H and O–H groups in total. The Morgan fingerprint density at radius 1 is 0.895 bits per heavy atom.